The maximum absolute atomic E-state index is 11.6. The van der Waals surface area contributed by atoms with Crippen LogP contribution in [0.15, 0.2) is 27.9 Å². The van der Waals surface area contributed by atoms with Crippen LogP contribution in [0.3, 0.4) is 0 Å². The van der Waals surface area contributed by atoms with Crippen molar-refractivity contribution >= 4 is 20.9 Å². The number of sulfone groups is 1. The van der Waals surface area contributed by atoms with Gasteiger partial charge >= 0.3 is 5.69 Å². The second kappa shape index (κ2) is 4.01. The summed E-state index contributed by atoms with van der Waals surface area (Å²) < 4.78 is 24.3. The molecule has 7 heteroatoms. The first kappa shape index (κ1) is 11.9. The van der Waals surface area contributed by atoms with Crippen LogP contribution in [0.5, 0.6) is 0 Å². The Morgan fingerprint density at radius 3 is 2.71 bits per heavy atom. The number of nitrogens with two attached hydrogens (primary N) is 1. The molecule has 0 aliphatic carbocycles. The largest absolute Gasteiger partial charge is 0.329 e. The number of fused-ring (bicyclic) bond motifs is 1. The summed E-state index contributed by atoms with van der Waals surface area (Å²) >= 11 is 0. The van der Waals surface area contributed by atoms with Crippen LogP contribution in [0.1, 0.15) is 0 Å². The maximum Gasteiger partial charge on any atom is 0.326 e. The van der Waals surface area contributed by atoms with Crippen molar-refractivity contribution < 1.29 is 8.42 Å². The van der Waals surface area contributed by atoms with Crippen molar-refractivity contribution in [1.29, 1.82) is 0 Å². The van der Waals surface area contributed by atoms with Crippen molar-refractivity contribution in [2.45, 2.75) is 11.4 Å². The molecule has 0 aliphatic rings. The highest BCUT2D eigenvalue weighted by molar-refractivity contribution is 7.90. The molecule has 0 atom stereocenters. The number of aromatic amines is 1. The van der Waals surface area contributed by atoms with Gasteiger partial charge in [-0.3, -0.25) is 4.57 Å². The summed E-state index contributed by atoms with van der Waals surface area (Å²) in [6.45, 7) is 0.669. The van der Waals surface area contributed by atoms with Gasteiger partial charge in [0.25, 0.3) is 0 Å². The smallest absolute Gasteiger partial charge is 0.326 e. The Morgan fingerprint density at radius 1 is 1.41 bits per heavy atom. The van der Waals surface area contributed by atoms with Gasteiger partial charge in [0.1, 0.15) is 0 Å². The van der Waals surface area contributed by atoms with E-state index in [1.807, 2.05) is 0 Å². The molecule has 0 bridgehead atoms. The first-order valence-electron chi connectivity index (χ1n) is 5.06. The van der Waals surface area contributed by atoms with Gasteiger partial charge in [0.05, 0.1) is 15.9 Å². The lowest BCUT2D eigenvalue weighted by Gasteiger charge is -2.02. The summed E-state index contributed by atoms with van der Waals surface area (Å²) in [6.07, 6.45) is 1.13. The predicted octanol–water partition coefficient (Wildman–Crippen LogP) is -0.308. The fourth-order valence-electron chi connectivity index (χ4n) is 1.71. The number of rotatable bonds is 3. The molecule has 2 rings (SSSR count). The van der Waals surface area contributed by atoms with Gasteiger partial charge in [-0.1, -0.05) is 0 Å². The standard InChI is InChI=1S/C10H13N3O3S/c1-17(15,16)7-2-3-8-9(6-7)13(5-4-11)10(14)12-8/h2-3,6H,4-5,11H2,1H3,(H,12,14). The molecule has 1 heterocycles. The van der Waals surface area contributed by atoms with Crippen LogP contribution < -0.4 is 11.4 Å². The fraction of sp³-hybridized carbons (Fsp3) is 0.300. The normalized spacial score (nSPS) is 12.1. The van der Waals surface area contributed by atoms with Crippen molar-refractivity contribution in [1.82, 2.24) is 9.55 Å². The monoisotopic (exact) mass is 255 g/mol. The van der Waals surface area contributed by atoms with E-state index in [1.54, 1.807) is 6.07 Å². The van der Waals surface area contributed by atoms with Crippen molar-refractivity contribution in [3.63, 3.8) is 0 Å². The van der Waals surface area contributed by atoms with Gasteiger partial charge in [-0.25, -0.2) is 13.2 Å². The van der Waals surface area contributed by atoms with Crippen LogP contribution in [0.2, 0.25) is 0 Å². The van der Waals surface area contributed by atoms with Gasteiger partial charge in [0.2, 0.25) is 0 Å². The Bertz CT molecular complexity index is 712. The van der Waals surface area contributed by atoms with Crippen molar-refractivity contribution in [2.24, 2.45) is 5.73 Å². The summed E-state index contributed by atoms with van der Waals surface area (Å²) in [5.41, 5.74) is 6.30. The van der Waals surface area contributed by atoms with Gasteiger partial charge in [-0.05, 0) is 18.2 Å². The van der Waals surface area contributed by atoms with Gasteiger partial charge in [-0.2, -0.15) is 0 Å². The quantitative estimate of drug-likeness (QED) is 0.786. The van der Waals surface area contributed by atoms with Gasteiger partial charge < -0.3 is 10.7 Å². The van der Waals surface area contributed by atoms with Crippen LogP contribution >= 0.6 is 0 Å². The van der Waals surface area contributed by atoms with E-state index in [1.165, 1.54) is 16.7 Å². The Labute approximate surface area is 98.0 Å². The third kappa shape index (κ3) is 2.11. The van der Waals surface area contributed by atoms with E-state index in [9.17, 15) is 13.2 Å². The van der Waals surface area contributed by atoms with Crippen LogP contribution in [-0.2, 0) is 16.4 Å². The van der Waals surface area contributed by atoms with E-state index in [2.05, 4.69) is 4.98 Å². The lowest BCUT2D eigenvalue weighted by atomic mass is 10.3. The third-order valence-corrected chi connectivity index (χ3v) is 3.64. The second-order valence-electron chi connectivity index (χ2n) is 3.82. The molecular formula is C10H13N3O3S. The van der Waals surface area contributed by atoms with E-state index in [4.69, 9.17) is 5.73 Å². The zero-order chi connectivity index (χ0) is 12.6. The molecule has 0 aliphatic heterocycles. The zero-order valence-electron chi connectivity index (χ0n) is 9.30. The molecule has 1 aromatic heterocycles. The van der Waals surface area contributed by atoms with E-state index >= 15 is 0 Å². The first-order chi connectivity index (χ1) is 7.93. The molecular weight excluding hydrogens is 242 g/mol. The van der Waals surface area contributed by atoms with Crippen molar-refractivity contribution in [3.8, 4) is 0 Å². The van der Waals surface area contributed by atoms with Gasteiger partial charge in [-0.15, -0.1) is 0 Å². The number of H-pyrrole nitrogens is 1. The first-order valence-corrected chi connectivity index (χ1v) is 6.95. The molecule has 0 fully saturated rings. The lowest BCUT2D eigenvalue weighted by molar-refractivity contribution is 0.602. The second-order valence-corrected chi connectivity index (χ2v) is 5.84. The number of benzene rings is 1. The summed E-state index contributed by atoms with van der Waals surface area (Å²) in [5, 5.41) is 0. The molecule has 0 saturated carbocycles. The highest BCUT2D eigenvalue weighted by Crippen LogP contribution is 2.16. The third-order valence-electron chi connectivity index (χ3n) is 2.53. The minimum Gasteiger partial charge on any atom is -0.329 e. The van der Waals surface area contributed by atoms with Crippen LogP contribution in [0.25, 0.3) is 11.0 Å². The molecule has 0 unspecified atom stereocenters. The average molecular weight is 255 g/mol. The molecule has 3 N–H and O–H groups in total. The molecule has 1 aromatic carbocycles. The van der Waals surface area contributed by atoms with Crippen LogP contribution in [0.4, 0.5) is 0 Å². The number of hydrogen-bond acceptors (Lipinski definition) is 4. The van der Waals surface area contributed by atoms with Crippen molar-refractivity contribution in [3.05, 3.63) is 28.7 Å². The van der Waals surface area contributed by atoms with Gasteiger partial charge in [0, 0.05) is 19.3 Å². The van der Waals surface area contributed by atoms with E-state index < -0.39 is 9.84 Å². The summed E-state index contributed by atoms with van der Waals surface area (Å²) in [5.74, 6) is 0. The molecule has 17 heavy (non-hydrogen) atoms. The molecule has 2 aromatic rings. The van der Waals surface area contributed by atoms with E-state index in [-0.39, 0.29) is 10.6 Å². The highest BCUT2D eigenvalue weighted by atomic mass is 32.2. The number of nitrogens with one attached hydrogen (secondary N) is 1. The predicted molar refractivity (Wildman–Crippen MR) is 64.7 cm³/mol. The SMILES string of the molecule is CS(=O)(=O)c1ccc2[nH]c(=O)n(CCN)c2c1. The number of aromatic nitrogens is 2. The molecule has 0 radical (unpaired) electrons. The molecule has 6 nitrogen and oxygen atoms in total. The minimum absolute atomic E-state index is 0.190. The summed E-state index contributed by atoms with van der Waals surface area (Å²) in [6, 6.07) is 4.54. The molecule has 0 spiro atoms. The molecule has 92 valence electrons. The summed E-state index contributed by atoms with van der Waals surface area (Å²) in [4.78, 5) is 14.4. The number of imidazole rings is 1. The van der Waals surface area contributed by atoms with Gasteiger partial charge in [0.15, 0.2) is 9.84 Å². The number of nitrogens with zero attached hydrogens (tertiary/aromatic N) is 1. The number of hydrogen-bond donors (Lipinski definition) is 2. The van der Waals surface area contributed by atoms with E-state index in [0.717, 1.165) is 6.26 Å². The Morgan fingerprint density at radius 2 is 2.12 bits per heavy atom. The molecule has 0 amide bonds. The Balaban J connectivity index is 2.75. The Hall–Kier alpha value is -1.60. The minimum atomic E-state index is -3.28. The van der Waals surface area contributed by atoms with E-state index in [0.29, 0.717) is 24.1 Å². The average Bonchev–Trinajstić information content (AvgIpc) is 2.54. The van der Waals surface area contributed by atoms with Crippen LogP contribution in [0, 0.1) is 0 Å². The van der Waals surface area contributed by atoms with Crippen molar-refractivity contribution in [2.75, 3.05) is 12.8 Å². The molecule has 0 saturated heterocycles. The van der Waals surface area contributed by atoms with Crippen LogP contribution in [-0.4, -0.2) is 30.8 Å². The topological polar surface area (TPSA) is 98.0 Å². The fourth-order valence-corrected chi connectivity index (χ4v) is 2.36. The summed E-state index contributed by atoms with van der Waals surface area (Å²) in [7, 11) is -3.28. The maximum atomic E-state index is 11.6. The zero-order valence-corrected chi connectivity index (χ0v) is 10.1. The highest BCUT2D eigenvalue weighted by Gasteiger charge is 2.11. The Kier molecular flexibility index (Phi) is 2.80. The lowest BCUT2D eigenvalue weighted by Crippen LogP contribution is -2.21.